The van der Waals surface area contributed by atoms with E-state index in [1.807, 2.05) is 39.0 Å². The second-order valence-corrected chi connectivity index (χ2v) is 7.58. The number of carbonyl (C=O) groups excluding carboxylic acids is 2. The molecular formula is C18H25Br2NO3. The van der Waals surface area contributed by atoms with Crippen LogP contribution < -0.4 is 5.32 Å². The Labute approximate surface area is 161 Å². The molecule has 0 heterocycles. The normalized spacial score (nSPS) is 13.2. The van der Waals surface area contributed by atoms with Crippen molar-refractivity contribution in [3.05, 3.63) is 29.3 Å². The average molecular weight is 463 g/mol. The van der Waals surface area contributed by atoms with Gasteiger partial charge in [-0.2, -0.15) is 0 Å². The van der Waals surface area contributed by atoms with Crippen LogP contribution >= 0.6 is 31.9 Å². The van der Waals surface area contributed by atoms with Crippen LogP contribution in [0.25, 0.3) is 0 Å². The van der Waals surface area contributed by atoms with E-state index in [0.717, 1.165) is 27.5 Å². The summed E-state index contributed by atoms with van der Waals surface area (Å²) in [5.41, 5.74) is 2.67. The number of anilines is 1. The van der Waals surface area contributed by atoms with Crippen LogP contribution in [-0.4, -0.2) is 22.5 Å². The fourth-order valence-electron chi connectivity index (χ4n) is 2.09. The maximum atomic E-state index is 12.0. The number of esters is 1. The summed E-state index contributed by atoms with van der Waals surface area (Å²) in [7, 11) is 0. The van der Waals surface area contributed by atoms with Gasteiger partial charge in [-0.15, -0.1) is 0 Å². The Kier molecular flexibility index (Phi) is 9.59. The number of hydrogen-bond acceptors (Lipinski definition) is 3. The summed E-state index contributed by atoms with van der Waals surface area (Å²) in [6.45, 7) is 6.20. The summed E-state index contributed by atoms with van der Waals surface area (Å²) in [4.78, 5) is 23.7. The van der Waals surface area contributed by atoms with Gasteiger partial charge in [0.1, 0.15) is 6.61 Å². The van der Waals surface area contributed by atoms with Crippen LogP contribution in [0.5, 0.6) is 0 Å². The van der Waals surface area contributed by atoms with Crippen molar-refractivity contribution in [2.45, 2.75) is 40.2 Å². The van der Waals surface area contributed by atoms with Crippen LogP contribution in [0.3, 0.4) is 0 Å². The predicted molar refractivity (Wildman–Crippen MR) is 105 cm³/mol. The van der Waals surface area contributed by atoms with Crippen molar-refractivity contribution in [2.24, 2.45) is 11.8 Å². The third kappa shape index (κ3) is 7.79. The highest BCUT2D eigenvalue weighted by molar-refractivity contribution is 9.09. The van der Waals surface area contributed by atoms with Gasteiger partial charge in [0.15, 0.2) is 0 Å². The number of hydrogen-bond donors (Lipinski definition) is 1. The van der Waals surface area contributed by atoms with Crippen molar-refractivity contribution >= 4 is 49.4 Å². The molecule has 0 aliphatic heterocycles. The molecule has 0 spiro atoms. The number of halogens is 2. The molecule has 0 fully saturated rings. The molecule has 2 atom stereocenters. The first kappa shape index (κ1) is 21.2. The zero-order valence-electron chi connectivity index (χ0n) is 14.4. The number of carbonyl (C=O) groups is 2. The molecule has 6 heteroatoms. The highest BCUT2D eigenvalue weighted by atomic mass is 79.9. The van der Waals surface area contributed by atoms with E-state index in [-0.39, 0.29) is 24.4 Å². The van der Waals surface area contributed by atoms with Crippen molar-refractivity contribution in [2.75, 3.05) is 16.0 Å². The zero-order chi connectivity index (χ0) is 18.1. The summed E-state index contributed by atoms with van der Waals surface area (Å²) in [6, 6.07) is 5.67. The van der Waals surface area contributed by atoms with E-state index in [2.05, 4.69) is 37.2 Å². The van der Waals surface area contributed by atoms with Gasteiger partial charge < -0.3 is 10.1 Å². The fraction of sp³-hybridized carbons (Fsp3) is 0.556. The maximum Gasteiger partial charge on any atom is 0.306 e. The van der Waals surface area contributed by atoms with Crippen molar-refractivity contribution in [3.63, 3.8) is 0 Å². The Hall–Kier alpha value is -0.880. The summed E-state index contributed by atoms with van der Waals surface area (Å²) in [6.07, 6.45) is 0.889. The van der Waals surface area contributed by atoms with E-state index in [1.54, 1.807) is 0 Å². The third-order valence-corrected chi connectivity index (χ3v) is 5.75. The predicted octanol–water partition coefficient (Wildman–Crippen LogP) is 4.82. The Morgan fingerprint density at radius 2 is 1.75 bits per heavy atom. The molecule has 0 aromatic heterocycles. The van der Waals surface area contributed by atoms with Gasteiger partial charge in [-0.3, -0.25) is 9.59 Å². The van der Waals surface area contributed by atoms with Gasteiger partial charge in [-0.1, -0.05) is 57.8 Å². The van der Waals surface area contributed by atoms with Crippen molar-refractivity contribution in [1.29, 1.82) is 0 Å². The zero-order valence-corrected chi connectivity index (χ0v) is 17.6. The fourth-order valence-corrected chi connectivity index (χ4v) is 2.55. The van der Waals surface area contributed by atoms with Gasteiger partial charge in [-0.25, -0.2) is 0 Å². The van der Waals surface area contributed by atoms with Gasteiger partial charge in [-0.05, 0) is 36.0 Å². The standard InChI is InChI=1S/C18H25Br2NO3/c1-12(9-19)6-17(22)21-16-5-4-15(8-14(16)3)11-24-18(23)7-13(2)10-20/h4-5,8,12-13H,6-7,9-11H2,1-3H3,(H,21,22). The maximum absolute atomic E-state index is 12.0. The van der Waals surface area contributed by atoms with Crippen molar-refractivity contribution in [1.82, 2.24) is 0 Å². The molecule has 0 aliphatic carbocycles. The summed E-state index contributed by atoms with van der Waals surface area (Å²) >= 11 is 6.73. The minimum atomic E-state index is -0.194. The molecule has 24 heavy (non-hydrogen) atoms. The lowest BCUT2D eigenvalue weighted by atomic mass is 10.1. The number of nitrogens with one attached hydrogen (secondary N) is 1. The van der Waals surface area contributed by atoms with Crippen LogP contribution in [-0.2, 0) is 20.9 Å². The molecule has 1 aromatic rings. The molecule has 0 saturated heterocycles. The van der Waals surface area contributed by atoms with Crippen LogP contribution in [0.15, 0.2) is 18.2 Å². The molecule has 0 bridgehead atoms. The topological polar surface area (TPSA) is 55.4 Å². The molecule has 0 saturated carbocycles. The van der Waals surface area contributed by atoms with Crippen LogP contribution in [0.1, 0.15) is 37.8 Å². The largest absolute Gasteiger partial charge is 0.461 e. The minimum absolute atomic E-state index is 0.00740. The lowest BCUT2D eigenvalue weighted by Gasteiger charge is -2.13. The number of amides is 1. The summed E-state index contributed by atoms with van der Waals surface area (Å²) in [5, 5.41) is 4.51. The van der Waals surface area contributed by atoms with E-state index < -0.39 is 0 Å². The van der Waals surface area contributed by atoms with E-state index in [1.165, 1.54) is 0 Å². The molecule has 1 rings (SSSR count). The Morgan fingerprint density at radius 3 is 2.33 bits per heavy atom. The van der Waals surface area contributed by atoms with E-state index in [0.29, 0.717) is 18.8 Å². The monoisotopic (exact) mass is 461 g/mol. The number of alkyl halides is 2. The summed E-state index contributed by atoms with van der Waals surface area (Å²) < 4.78 is 5.29. The highest BCUT2D eigenvalue weighted by Crippen LogP contribution is 2.19. The second kappa shape index (κ2) is 10.9. The Bertz CT molecular complexity index is 563. The molecule has 1 aromatic carbocycles. The van der Waals surface area contributed by atoms with Gasteiger partial charge in [0.05, 0.1) is 0 Å². The molecular weight excluding hydrogens is 438 g/mol. The summed E-state index contributed by atoms with van der Waals surface area (Å²) in [5.74, 6) is 0.373. The first-order valence-corrected chi connectivity index (χ1v) is 10.3. The molecule has 2 unspecified atom stereocenters. The Morgan fingerprint density at radius 1 is 1.12 bits per heavy atom. The van der Waals surface area contributed by atoms with Crippen LogP contribution in [0, 0.1) is 18.8 Å². The quantitative estimate of drug-likeness (QED) is 0.422. The Balaban J connectivity index is 2.55. The minimum Gasteiger partial charge on any atom is -0.461 e. The van der Waals surface area contributed by atoms with Gasteiger partial charge in [0, 0.05) is 29.2 Å². The first-order valence-electron chi connectivity index (χ1n) is 8.02. The molecule has 0 radical (unpaired) electrons. The van der Waals surface area contributed by atoms with Gasteiger partial charge >= 0.3 is 5.97 Å². The van der Waals surface area contributed by atoms with Gasteiger partial charge in [0.2, 0.25) is 5.91 Å². The number of aryl methyl sites for hydroxylation is 1. The molecule has 1 amide bonds. The molecule has 134 valence electrons. The lowest BCUT2D eigenvalue weighted by Crippen LogP contribution is -2.16. The molecule has 4 nitrogen and oxygen atoms in total. The van der Waals surface area contributed by atoms with E-state index >= 15 is 0 Å². The second-order valence-electron chi connectivity index (χ2n) is 6.29. The molecule has 0 aliphatic rings. The third-order valence-electron chi connectivity index (χ3n) is 3.54. The van der Waals surface area contributed by atoms with Crippen molar-refractivity contribution < 1.29 is 14.3 Å². The van der Waals surface area contributed by atoms with Crippen LogP contribution in [0.2, 0.25) is 0 Å². The van der Waals surface area contributed by atoms with E-state index in [4.69, 9.17) is 4.74 Å². The lowest BCUT2D eigenvalue weighted by molar-refractivity contribution is -0.145. The number of benzene rings is 1. The van der Waals surface area contributed by atoms with Crippen molar-refractivity contribution in [3.8, 4) is 0 Å². The highest BCUT2D eigenvalue weighted by Gasteiger charge is 2.11. The average Bonchev–Trinajstić information content (AvgIpc) is 2.54. The number of ether oxygens (including phenoxy) is 1. The van der Waals surface area contributed by atoms with Gasteiger partial charge in [0.25, 0.3) is 0 Å². The van der Waals surface area contributed by atoms with E-state index in [9.17, 15) is 9.59 Å². The number of rotatable bonds is 9. The molecule has 1 N–H and O–H groups in total. The smallest absolute Gasteiger partial charge is 0.306 e. The van der Waals surface area contributed by atoms with Crippen LogP contribution in [0.4, 0.5) is 5.69 Å². The SMILES string of the molecule is Cc1cc(COC(=O)CC(C)CBr)ccc1NC(=O)CC(C)CBr. The first-order chi connectivity index (χ1) is 11.3.